The van der Waals surface area contributed by atoms with Crippen LogP contribution in [-0.4, -0.2) is 36.1 Å². The maximum atomic E-state index is 12.0. The summed E-state index contributed by atoms with van der Waals surface area (Å²) in [6, 6.07) is 2.56. The van der Waals surface area contributed by atoms with Crippen molar-refractivity contribution in [3.05, 3.63) is 0 Å². The van der Waals surface area contributed by atoms with E-state index in [1.54, 1.807) is 0 Å². The zero-order chi connectivity index (χ0) is 13.0. The normalized spacial score (nSPS) is 33.0. The van der Waals surface area contributed by atoms with Gasteiger partial charge in [0, 0.05) is 6.04 Å². The minimum absolute atomic E-state index is 0.0965. The van der Waals surface area contributed by atoms with Gasteiger partial charge in [0.1, 0.15) is 6.04 Å². The molecule has 100 valence electrons. The molecule has 0 aromatic carbocycles. The van der Waals surface area contributed by atoms with Crippen molar-refractivity contribution in [3.8, 4) is 6.07 Å². The molecule has 2 aliphatic rings. The van der Waals surface area contributed by atoms with Crippen LogP contribution in [0.5, 0.6) is 0 Å². The minimum atomic E-state index is -0.113. The van der Waals surface area contributed by atoms with E-state index >= 15 is 0 Å². The van der Waals surface area contributed by atoms with Crippen LogP contribution in [0.2, 0.25) is 0 Å². The Morgan fingerprint density at radius 1 is 1.33 bits per heavy atom. The summed E-state index contributed by atoms with van der Waals surface area (Å²) >= 11 is 0. The van der Waals surface area contributed by atoms with E-state index in [1.807, 2.05) is 6.92 Å². The van der Waals surface area contributed by atoms with Gasteiger partial charge in [-0.15, -0.1) is 0 Å². The molecule has 0 amide bonds. The van der Waals surface area contributed by atoms with E-state index in [0.717, 1.165) is 45.1 Å². The van der Waals surface area contributed by atoms with Gasteiger partial charge in [0.15, 0.2) is 0 Å². The van der Waals surface area contributed by atoms with E-state index in [0.29, 0.717) is 6.61 Å². The highest BCUT2D eigenvalue weighted by molar-refractivity contribution is 5.76. The number of hydrogen-bond donors (Lipinski definition) is 0. The van der Waals surface area contributed by atoms with Gasteiger partial charge >= 0.3 is 5.97 Å². The lowest BCUT2D eigenvalue weighted by Gasteiger charge is -2.39. The van der Waals surface area contributed by atoms with Gasteiger partial charge in [-0.2, -0.15) is 5.26 Å². The van der Waals surface area contributed by atoms with Crippen molar-refractivity contribution in [2.24, 2.45) is 5.92 Å². The monoisotopic (exact) mass is 250 g/mol. The van der Waals surface area contributed by atoms with Crippen LogP contribution in [0.25, 0.3) is 0 Å². The van der Waals surface area contributed by atoms with E-state index in [4.69, 9.17) is 4.74 Å². The fourth-order valence-corrected chi connectivity index (χ4v) is 3.33. The van der Waals surface area contributed by atoms with Crippen molar-refractivity contribution in [3.63, 3.8) is 0 Å². The summed E-state index contributed by atoms with van der Waals surface area (Å²) in [6.07, 6.45) is 6.23. The third-order valence-corrected chi connectivity index (χ3v) is 4.17. The highest BCUT2D eigenvalue weighted by atomic mass is 16.5. The van der Waals surface area contributed by atoms with E-state index in [1.165, 1.54) is 0 Å². The summed E-state index contributed by atoms with van der Waals surface area (Å²) in [4.78, 5) is 14.3. The van der Waals surface area contributed by atoms with Crippen molar-refractivity contribution in [2.45, 2.75) is 57.5 Å². The van der Waals surface area contributed by atoms with Crippen molar-refractivity contribution in [1.29, 1.82) is 5.26 Å². The molecule has 0 aromatic heterocycles. The van der Waals surface area contributed by atoms with Gasteiger partial charge in [-0.25, -0.2) is 0 Å². The Balaban J connectivity index is 2.08. The second-order valence-corrected chi connectivity index (χ2v) is 5.24. The molecular weight excluding hydrogens is 228 g/mol. The molecule has 0 radical (unpaired) electrons. The molecule has 0 N–H and O–H groups in total. The average Bonchev–Trinajstić information content (AvgIpc) is 2.87. The first kappa shape index (κ1) is 13.4. The molecule has 2 rings (SSSR count). The Kier molecular flexibility index (Phi) is 4.60. The maximum Gasteiger partial charge on any atom is 0.323 e. The lowest BCUT2D eigenvalue weighted by Crippen LogP contribution is -2.51. The number of carbonyl (C=O) groups excluding carboxylic acids is 1. The highest BCUT2D eigenvalue weighted by Crippen LogP contribution is 2.33. The predicted molar refractivity (Wildman–Crippen MR) is 67.7 cm³/mol. The van der Waals surface area contributed by atoms with Crippen LogP contribution in [0, 0.1) is 17.2 Å². The fraction of sp³-hybridized carbons (Fsp3) is 0.857. The van der Waals surface area contributed by atoms with Gasteiger partial charge in [-0.05, 0) is 39.2 Å². The lowest BCUT2D eigenvalue weighted by atomic mass is 9.95. The first-order valence-electron chi connectivity index (χ1n) is 7.10. The molecule has 1 aliphatic carbocycles. The molecular formula is C14H22N2O2. The van der Waals surface area contributed by atoms with E-state index in [9.17, 15) is 10.1 Å². The number of esters is 1. The lowest BCUT2D eigenvalue weighted by molar-refractivity contribution is -0.152. The van der Waals surface area contributed by atoms with Crippen LogP contribution in [0.4, 0.5) is 0 Å². The molecule has 0 aromatic rings. The number of nitrogens with zero attached hydrogens (tertiary/aromatic N) is 2. The van der Waals surface area contributed by atoms with Gasteiger partial charge < -0.3 is 4.74 Å². The summed E-state index contributed by atoms with van der Waals surface area (Å²) in [7, 11) is 0. The van der Waals surface area contributed by atoms with E-state index in [-0.39, 0.29) is 24.0 Å². The van der Waals surface area contributed by atoms with Crippen LogP contribution < -0.4 is 0 Å². The summed E-state index contributed by atoms with van der Waals surface area (Å²) in [6.45, 7) is 3.22. The Morgan fingerprint density at radius 3 is 2.89 bits per heavy atom. The summed E-state index contributed by atoms with van der Waals surface area (Å²) in [5.74, 6) is 0.000756. The van der Waals surface area contributed by atoms with Gasteiger partial charge in [0.25, 0.3) is 0 Å². The Morgan fingerprint density at radius 2 is 2.17 bits per heavy atom. The Bertz CT molecular complexity index is 337. The molecule has 1 saturated carbocycles. The van der Waals surface area contributed by atoms with E-state index in [2.05, 4.69) is 11.0 Å². The van der Waals surface area contributed by atoms with Gasteiger partial charge in [-0.1, -0.05) is 12.8 Å². The van der Waals surface area contributed by atoms with Crippen molar-refractivity contribution >= 4 is 5.97 Å². The van der Waals surface area contributed by atoms with Crippen LogP contribution in [0.3, 0.4) is 0 Å². The number of ether oxygens (including phenoxy) is 1. The van der Waals surface area contributed by atoms with Crippen LogP contribution in [-0.2, 0) is 9.53 Å². The topological polar surface area (TPSA) is 53.3 Å². The van der Waals surface area contributed by atoms with Gasteiger partial charge in [-0.3, -0.25) is 9.69 Å². The van der Waals surface area contributed by atoms with Crippen LogP contribution in [0.1, 0.15) is 45.4 Å². The number of rotatable bonds is 3. The molecule has 0 bridgehead atoms. The molecule has 1 heterocycles. The molecule has 4 nitrogen and oxygen atoms in total. The zero-order valence-electron chi connectivity index (χ0n) is 11.1. The molecule has 18 heavy (non-hydrogen) atoms. The smallest absolute Gasteiger partial charge is 0.323 e. The van der Waals surface area contributed by atoms with Gasteiger partial charge in [0.05, 0.1) is 18.6 Å². The molecule has 3 unspecified atom stereocenters. The standard InChI is InChI=1S/C14H22N2O2/c1-2-18-14(17)13-7-3-4-9-16(13)12-8-5-6-11(12)10-15/h11-13H,2-9H2,1H3. The number of hydrogen-bond acceptors (Lipinski definition) is 4. The quantitative estimate of drug-likeness (QED) is 0.720. The molecule has 3 atom stereocenters. The summed E-state index contributed by atoms with van der Waals surface area (Å²) < 4.78 is 5.18. The highest BCUT2D eigenvalue weighted by Gasteiger charge is 2.39. The third kappa shape index (κ3) is 2.67. The second kappa shape index (κ2) is 6.19. The number of likely N-dealkylation sites (tertiary alicyclic amines) is 1. The van der Waals surface area contributed by atoms with E-state index < -0.39 is 0 Å². The number of carbonyl (C=O) groups is 1. The summed E-state index contributed by atoms with van der Waals surface area (Å²) in [5.41, 5.74) is 0. The molecule has 4 heteroatoms. The number of nitriles is 1. The first-order valence-corrected chi connectivity index (χ1v) is 7.10. The van der Waals surface area contributed by atoms with Crippen molar-refractivity contribution in [1.82, 2.24) is 4.90 Å². The third-order valence-electron chi connectivity index (χ3n) is 4.17. The largest absolute Gasteiger partial charge is 0.465 e. The molecule has 2 fully saturated rings. The molecule has 1 saturated heterocycles. The SMILES string of the molecule is CCOC(=O)C1CCCCN1C1CCCC1C#N. The Hall–Kier alpha value is -1.08. The molecule has 0 spiro atoms. The van der Waals surface area contributed by atoms with Crippen LogP contribution in [0.15, 0.2) is 0 Å². The zero-order valence-corrected chi connectivity index (χ0v) is 11.1. The second-order valence-electron chi connectivity index (χ2n) is 5.24. The first-order chi connectivity index (χ1) is 8.77. The fourth-order valence-electron chi connectivity index (χ4n) is 3.33. The molecule has 1 aliphatic heterocycles. The van der Waals surface area contributed by atoms with Crippen LogP contribution >= 0.6 is 0 Å². The summed E-state index contributed by atoms with van der Waals surface area (Å²) in [5, 5.41) is 9.20. The Labute approximate surface area is 109 Å². The van der Waals surface area contributed by atoms with Gasteiger partial charge in [0.2, 0.25) is 0 Å². The minimum Gasteiger partial charge on any atom is -0.465 e. The maximum absolute atomic E-state index is 12.0. The average molecular weight is 250 g/mol. The number of piperidine rings is 1. The van der Waals surface area contributed by atoms with Crippen molar-refractivity contribution < 1.29 is 9.53 Å². The van der Waals surface area contributed by atoms with Crippen molar-refractivity contribution in [2.75, 3.05) is 13.2 Å². The predicted octanol–water partition coefficient (Wildman–Crippen LogP) is 2.10.